The van der Waals surface area contributed by atoms with Crippen LogP contribution in [0.3, 0.4) is 0 Å². The van der Waals surface area contributed by atoms with Crippen LogP contribution < -0.4 is 10.1 Å². The molecule has 4 heterocycles. The fourth-order valence-corrected chi connectivity index (χ4v) is 4.76. The molecule has 0 aliphatic carbocycles. The van der Waals surface area contributed by atoms with E-state index in [0.717, 1.165) is 15.6 Å². The van der Waals surface area contributed by atoms with Gasteiger partial charge in [-0.2, -0.15) is 0 Å². The van der Waals surface area contributed by atoms with E-state index in [1.54, 1.807) is 44.3 Å². The van der Waals surface area contributed by atoms with E-state index in [0.29, 0.717) is 37.7 Å². The summed E-state index contributed by atoms with van der Waals surface area (Å²) in [7, 11) is 0. The van der Waals surface area contributed by atoms with Gasteiger partial charge >= 0.3 is 0 Å². The second-order valence-electron chi connectivity index (χ2n) is 7.05. The Hall–Kier alpha value is -3.37. The van der Waals surface area contributed by atoms with E-state index in [2.05, 4.69) is 25.9 Å². The van der Waals surface area contributed by atoms with Gasteiger partial charge in [-0.3, -0.25) is 14.9 Å². The zero-order valence-corrected chi connectivity index (χ0v) is 18.7. The molecule has 5 aromatic rings. The van der Waals surface area contributed by atoms with Crippen molar-refractivity contribution >= 4 is 55.2 Å². The molecule has 0 amide bonds. The first-order valence-corrected chi connectivity index (χ1v) is 10.8. The van der Waals surface area contributed by atoms with Crippen molar-refractivity contribution in [2.24, 2.45) is 0 Å². The predicted molar refractivity (Wildman–Crippen MR) is 121 cm³/mol. The summed E-state index contributed by atoms with van der Waals surface area (Å²) in [5.74, 6) is 1.08. The monoisotopic (exact) mass is 496 g/mol. The van der Waals surface area contributed by atoms with Crippen molar-refractivity contribution in [1.29, 1.82) is 0 Å². The quantitative estimate of drug-likeness (QED) is 0.271. The second kappa shape index (κ2) is 7.10. The fourth-order valence-electron chi connectivity index (χ4n) is 3.48. The zero-order valence-electron chi connectivity index (χ0n) is 16.2. The molecule has 8 nitrogen and oxygen atoms in total. The van der Waals surface area contributed by atoms with Gasteiger partial charge in [0.1, 0.15) is 21.6 Å². The molecule has 31 heavy (non-hydrogen) atoms. The third-order valence-corrected chi connectivity index (χ3v) is 6.36. The van der Waals surface area contributed by atoms with Crippen LogP contribution in [-0.2, 0) is 0 Å². The van der Waals surface area contributed by atoms with Crippen LogP contribution in [0.5, 0.6) is 0 Å². The molecule has 5 rings (SSSR count). The topological polar surface area (TPSA) is 104 Å². The van der Waals surface area contributed by atoms with Crippen LogP contribution in [0.2, 0.25) is 0 Å². The van der Waals surface area contributed by atoms with Gasteiger partial charge < -0.3 is 4.42 Å². The molecule has 0 aliphatic rings. The lowest BCUT2D eigenvalue weighted by molar-refractivity contribution is -0.385. The number of nitrogens with zero attached hydrogens (tertiary/aromatic N) is 4. The maximum absolute atomic E-state index is 12.9. The number of nitro benzene ring substituents is 1. The van der Waals surface area contributed by atoms with Crippen molar-refractivity contribution in [2.75, 3.05) is 0 Å². The molecular formula is C21H13BrN4O4S. The fraction of sp³-hybridized carbons (Fsp3) is 0.0952. The van der Waals surface area contributed by atoms with Crippen LogP contribution in [0.4, 0.5) is 5.69 Å². The number of aromatic nitrogens is 3. The van der Waals surface area contributed by atoms with Gasteiger partial charge in [0.05, 0.1) is 4.92 Å². The first kappa shape index (κ1) is 19.6. The van der Waals surface area contributed by atoms with Gasteiger partial charge in [-0.25, -0.2) is 14.4 Å². The van der Waals surface area contributed by atoms with E-state index in [9.17, 15) is 14.9 Å². The summed E-state index contributed by atoms with van der Waals surface area (Å²) < 4.78 is 8.70. The molecule has 0 spiro atoms. The van der Waals surface area contributed by atoms with Gasteiger partial charge in [0.15, 0.2) is 10.6 Å². The highest BCUT2D eigenvalue weighted by Gasteiger charge is 2.17. The van der Waals surface area contributed by atoms with Gasteiger partial charge in [0.2, 0.25) is 0 Å². The molecule has 0 atom stereocenters. The normalized spacial score (nSPS) is 12.3. The van der Waals surface area contributed by atoms with Crippen molar-refractivity contribution < 1.29 is 9.34 Å². The first-order valence-electron chi connectivity index (χ1n) is 9.16. The van der Waals surface area contributed by atoms with E-state index in [1.165, 1.54) is 21.8 Å². The minimum atomic E-state index is -0.395. The second-order valence-corrected chi connectivity index (χ2v) is 8.98. The number of nitro groups is 1. The third-order valence-electron chi connectivity index (χ3n) is 4.95. The molecule has 4 aromatic heterocycles. The van der Waals surface area contributed by atoms with Crippen molar-refractivity contribution in [1.82, 2.24) is 14.4 Å². The molecule has 0 saturated heterocycles. The number of aryl methyl sites for hydroxylation is 2. The number of imidazole rings is 1. The summed E-state index contributed by atoms with van der Waals surface area (Å²) in [6.45, 7) is 3.49. The van der Waals surface area contributed by atoms with E-state index in [1.807, 2.05) is 6.07 Å². The van der Waals surface area contributed by atoms with Crippen LogP contribution in [0.1, 0.15) is 16.9 Å². The average molecular weight is 497 g/mol. The molecule has 0 radical (unpaired) electrons. The van der Waals surface area contributed by atoms with Crippen molar-refractivity contribution in [3.8, 4) is 11.3 Å². The lowest BCUT2D eigenvalue weighted by Gasteiger charge is -2.05. The Morgan fingerprint density at radius 2 is 2.03 bits per heavy atom. The standard InChI is InChI=1S/C21H13BrN4O4S/c1-10-6-16(26(28)29)11(2)5-14(10)17-4-3-13(30-17)8-18-20(27)25-19-15(24-21(25)31-18)7-12(22)9-23-19/h3-9H,1-2H3/b18-8-. The maximum Gasteiger partial charge on any atom is 0.276 e. The Kier molecular flexibility index (Phi) is 4.49. The molecule has 0 saturated carbocycles. The highest BCUT2D eigenvalue weighted by atomic mass is 79.9. The number of halogens is 1. The zero-order chi connectivity index (χ0) is 21.9. The number of furan rings is 1. The number of thiazole rings is 1. The molecule has 0 unspecified atom stereocenters. The Morgan fingerprint density at radius 3 is 2.81 bits per heavy atom. The van der Waals surface area contributed by atoms with Gasteiger partial charge in [0, 0.05) is 33.9 Å². The van der Waals surface area contributed by atoms with Gasteiger partial charge in [-0.15, -0.1) is 0 Å². The molecule has 10 heteroatoms. The SMILES string of the molecule is Cc1cc([N+](=O)[O-])c(C)cc1-c1ccc(/C=c2\sc3nc4cc(Br)cnc4n3c2=O)o1. The number of fused-ring (bicyclic) bond motifs is 3. The largest absolute Gasteiger partial charge is 0.457 e. The van der Waals surface area contributed by atoms with Gasteiger partial charge in [-0.05, 0) is 59.6 Å². The number of hydrogen-bond acceptors (Lipinski definition) is 7. The summed E-state index contributed by atoms with van der Waals surface area (Å²) in [4.78, 5) is 33.0. The summed E-state index contributed by atoms with van der Waals surface area (Å²) in [5.41, 5.74) is 3.08. The molecule has 154 valence electrons. The molecule has 0 bridgehead atoms. The average Bonchev–Trinajstić information content (AvgIpc) is 3.39. The van der Waals surface area contributed by atoms with Crippen LogP contribution in [0, 0.1) is 24.0 Å². The minimum absolute atomic E-state index is 0.0744. The van der Waals surface area contributed by atoms with Crippen molar-refractivity contribution in [3.63, 3.8) is 0 Å². The highest BCUT2D eigenvalue weighted by molar-refractivity contribution is 9.10. The van der Waals surface area contributed by atoms with Crippen LogP contribution in [0.15, 0.2) is 50.2 Å². The number of pyridine rings is 1. The van der Waals surface area contributed by atoms with Crippen LogP contribution in [-0.4, -0.2) is 19.3 Å². The molecular weight excluding hydrogens is 484 g/mol. The Bertz CT molecular complexity index is 1630. The van der Waals surface area contributed by atoms with Crippen molar-refractivity contribution in [3.05, 3.63) is 82.9 Å². The van der Waals surface area contributed by atoms with E-state index >= 15 is 0 Å². The van der Waals surface area contributed by atoms with Crippen LogP contribution >= 0.6 is 27.3 Å². The van der Waals surface area contributed by atoms with E-state index in [4.69, 9.17) is 4.42 Å². The minimum Gasteiger partial charge on any atom is -0.457 e. The number of hydrogen-bond donors (Lipinski definition) is 0. The number of rotatable bonds is 3. The third kappa shape index (κ3) is 3.24. The summed E-state index contributed by atoms with van der Waals surface area (Å²) in [5, 5.41) is 11.1. The molecule has 0 N–H and O–H groups in total. The maximum atomic E-state index is 12.9. The summed E-state index contributed by atoms with van der Waals surface area (Å²) in [6.07, 6.45) is 3.30. The predicted octanol–water partition coefficient (Wildman–Crippen LogP) is 4.40. The highest BCUT2D eigenvalue weighted by Crippen LogP contribution is 2.31. The van der Waals surface area contributed by atoms with Gasteiger partial charge in [-0.1, -0.05) is 11.3 Å². The van der Waals surface area contributed by atoms with Gasteiger partial charge in [0.25, 0.3) is 11.2 Å². The Balaban J connectivity index is 1.59. The molecule has 0 aliphatic heterocycles. The first-order chi connectivity index (χ1) is 14.8. The van der Waals surface area contributed by atoms with Crippen LogP contribution in [0.25, 0.3) is 33.5 Å². The van der Waals surface area contributed by atoms with E-state index in [-0.39, 0.29) is 11.2 Å². The Labute approximate surface area is 186 Å². The lowest BCUT2D eigenvalue weighted by atomic mass is 10.0. The number of benzene rings is 1. The summed E-state index contributed by atoms with van der Waals surface area (Å²) >= 11 is 4.62. The van der Waals surface area contributed by atoms with Crippen molar-refractivity contribution in [2.45, 2.75) is 13.8 Å². The smallest absolute Gasteiger partial charge is 0.276 e. The molecule has 0 fully saturated rings. The lowest BCUT2D eigenvalue weighted by Crippen LogP contribution is -2.22. The Morgan fingerprint density at radius 1 is 1.23 bits per heavy atom. The summed E-state index contributed by atoms with van der Waals surface area (Å²) in [6, 6.07) is 8.65. The van der Waals surface area contributed by atoms with E-state index < -0.39 is 4.92 Å². The molecule has 1 aromatic carbocycles.